The Morgan fingerprint density at radius 1 is 1.25 bits per heavy atom. The van der Waals surface area contributed by atoms with E-state index in [0.717, 1.165) is 69.8 Å². The van der Waals surface area contributed by atoms with E-state index in [9.17, 15) is 0 Å². The van der Waals surface area contributed by atoms with Crippen LogP contribution in [0, 0.1) is 5.92 Å². The average molecular weight is 503 g/mol. The van der Waals surface area contributed by atoms with Gasteiger partial charge in [0.15, 0.2) is 5.96 Å². The molecule has 1 fully saturated rings. The molecule has 1 N–H and O–H groups in total. The largest absolute Gasteiger partial charge is 0.494 e. The third-order valence-electron chi connectivity index (χ3n) is 5.17. The Hall–Kier alpha value is -1.02. The van der Waals surface area contributed by atoms with Gasteiger partial charge in [0.05, 0.1) is 6.61 Å². The molecule has 1 aromatic carbocycles. The molecule has 1 aromatic rings. The van der Waals surface area contributed by atoms with E-state index in [2.05, 4.69) is 53.4 Å². The van der Waals surface area contributed by atoms with Gasteiger partial charge >= 0.3 is 0 Å². The van der Waals surface area contributed by atoms with Crippen molar-refractivity contribution < 1.29 is 9.47 Å². The van der Waals surface area contributed by atoms with E-state index in [4.69, 9.17) is 9.47 Å². The minimum absolute atomic E-state index is 0. The molecule has 1 aliphatic rings. The number of nitrogens with zero attached hydrogens (tertiary/aromatic N) is 2. The van der Waals surface area contributed by atoms with E-state index in [0.29, 0.717) is 0 Å². The van der Waals surface area contributed by atoms with Crippen LogP contribution in [0.15, 0.2) is 29.3 Å². The normalized spacial score (nSPS) is 15.0. The van der Waals surface area contributed by atoms with Gasteiger partial charge in [-0.05, 0) is 55.7 Å². The molecule has 5 nitrogen and oxygen atoms in total. The lowest BCUT2D eigenvalue weighted by molar-refractivity contribution is 0.0625. The zero-order chi connectivity index (χ0) is 19.3. The van der Waals surface area contributed by atoms with Gasteiger partial charge in [-0.25, -0.2) is 0 Å². The number of halogens is 1. The topological polar surface area (TPSA) is 46.1 Å². The third-order valence-corrected chi connectivity index (χ3v) is 5.17. The molecule has 0 aliphatic carbocycles. The van der Waals surface area contributed by atoms with Crippen molar-refractivity contribution in [2.75, 3.05) is 47.0 Å². The van der Waals surface area contributed by atoms with Crippen LogP contribution in [0.1, 0.15) is 44.6 Å². The van der Waals surface area contributed by atoms with Crippen molar-refractivity contribution in [2.24, 2.45) is 10.9 Å². The number of benzene rings is 1. The number of rotatable bonds is 10. The molecule has 2 rings (SSSR count). The summed E-state index contributed by atoms with van der Waals surface area (Å²) >= 11 is 0. The minimum atomic E-state index is 0. The van der Waals surface area contributed by atoms with Gasteiger partial charge in [-0.2, -0.15) is 0 Å². The fraction of sp³-hybridized carbons (Fsp3) is 0.682. The fourth-order valence-corrected chi connectivity index (χ4v) is 3.31. The van der Waals surface area contributed by atoms with Crippen molar-refractivity contribution in [1.82, 2.24) is 10.2 Å². The zero-order valence-corrected chi connectivity index (χ0v) is 20.1. The highest BCUT2D eigenvalue weighted by atomic mass is 127. The standard InChI is InChI=1S/C22H37N3O2.HI/c1-4-5-16-27-21-8-6-19(7-9-21)10-14-24-22(23-2)25(3)15-11-20-12-17-26-18-13-20;/h6-9,20H,4-5,10-18H2,1-3H3,(H,23,24);1H. The van der Waals surface area contributed by atoms with Crippen molar-refractivity contribution in [3.63, 3.8) is 0 Å². The first kappa shape index (κ1) is 25.0. The Bertz CT molecular complexity index is 545. The van der Waals surface area contributed by atoms with Crippen LogP contribution in [0.2, 0.25) is 0 Å². The number of ether oxygens (including phenoxy) is 2. The first-order chi connectivity index (χ1) is 13.2. The summed E-state index contributed by atoms with van der Waals surface area (Å²) in [5, 5.41) is 3.48. The van der Waals surface area contributed by atoms with Gasteiger partial charge in [-0.15, -0.1) is 24.0 Å². The van der Waals surface area contributed by atoms with Crippen LogP contribution in [0.25, 0.3) is 0 Å². The molecule has 0 radical (unpaired) electrons. The van der Waals surface area contributed by atoms with Crippen molar-refractivity contribution in [1.29, 1.82) is 0 Å². The Balaban J connectivity index is 0.00000392. The molecule has 0 aromatic heterocycles. The molecule has 0 atom stereocenters. The predicted molar refractivity (Wildman–Crippen MR) is 128 cm³/mol. The molecule has 1 aliphatic heterocycles. The molecule has 0 unspecified atom stereocenters. The third kappa shape index (κ3) is 9.45. The van der Waals surface area contributed by atoms with Crippen molar-refractivity contribution in [3.05, 3.63) is 29.8 Å². The molecule has 0 amide bonds. The number of guanidine groups is 1. The van der Waals surface area contributed by atoms with Crippen molar-refractivity contribution >= 4 is 29.9 Å². The van der Waals surface area contributed by atoms with Crippen LogP contribution in [-0.4, -0.2) is 57.9 Å². The number of hydrogen-bond donors (Lipinski definition) is 1. The monoisotopic (exact) mass is 503 g/mol. The van der Waals surface area contributed by atoms with Gasteiger partial charge in [-0.1, -0.05) is 25.5 Å². The van der Waals surface area contributed by atoms with Crippen molar-refractivity contribution in [3.8, 4) is 5.75 Å². The number of nitrogens with one attached hydrogen (secondary N) is 1. The SMILES string of the molecule is CCCCOc1ccc(CCNC(=NC)N(C)CCC2CCOCC2)cc1.I. The highest BCUT2D eigenvalue weighted by Crippen LogP contribution is 2.18. The Labute approximate surface area is 188 Å². The van der Waals surface area contributed by atoms with Crippen LogP contribution in [0.3, 0.4) is 0 Å². The van der Waals surface area contributed by atoms with E-state index in [1.54, 1.807) is 0 Å². The quantitative estimate of drug-likeness (QED) is 0.223. The molecular formula is C22H38IN3O2. The number of hydrogen-bond acceptors (Lipinski definition) is 3. The van der Waals surface area contributed by atoms with Crippen LogP contribution < -0.4 is 10.1 Å². The first-order valence-electron chi connectivity index (χ1n) is 10.4. The van der Waals surface area contributed by atoms with E-state index in [1.807, 2.05) is 7.05 Å². The van der Waals surface area contributed by atoms with Gasteiger partial charge in [-0.3, -0.25) is 4.99 Å². The van der Waals surface area contributed by atoms with Crippen molar-refractivity contribution in [2.45, 2.75) is 45.4 Å². The molecule has 1 heterocycles. The lowest BCUT2D eigenvalue weighted by Crippen LogP contribution is -2.40. The molecule has 28 heavy (non-hydrogen) atoms. The average Bonchev–Trinajstić information content (AvgIpc) is 2.71. The fourth-order valence-electron chi connectivity index (χ4n) is 3.31. The van der Waals surface area contributed by atoms with E-state index in [-0.39, 0.29) is 24.0 Å². The van der Waals surface area contributed by atoms with Crippen LogP contribution >= 0.6 is 24.0 Å². The molecule has 0 bridgehead atoms. The summed E-state index contributed by atoms with van der Waals surface area (Å²) in [4.78, 5) is 6.66. The molecule has 0 spiro atoms. The molecular weight excluding hydrogens is 465 g/mol. The molecule has 1 saturated heterocycles. The molecule has 160 valence electrons. The lowest BCUT2D eigenvalue weighted by Gasteiger charge is -2.26. The van der Waals surface area contributed by atoms with Crippen LogP contribution in [0.5, 0.6) is 5.75 Å². The Kier molecular flexibility index (Phi) is 13.3. The summed E-state index contributed by atoms with van der Waals surface area (Å²) in [5.74, 6) is 2.72. The van der Waals surface area contributed by atoms with E-state index >= 15 is 0 Å². The second-order valence-corrected chi connectivity index (χ2v) is 7.34. The van der Waals surface area contributed by atoms with Gasteiger partial charge in [0, 0.05) is 40.4 Å². The van der Waals surface area contributed by atoms with Gasteiger partial charge in [0.2, 0.25) is 0 Å². The number of aliphatic imine (C=N–C) groups is 1. The van der Waals surface area contributed by atoms with Crippen LogP contribution in [-0.2, 0) is 11.2 Å². The van der Waals surface area contributed by atoms with Crippen LogP contribution in [0.4, 0.5) is 0 Å². The maximum absolute atomic E-state index is 5.72. The summed E-state index contributed by atoms with van der Waals surface area (Å²) in [7, 11) is 3.98. The second-order valence-electron chi connectivity index (χ2n) is 7.34. The zero-order valence-electron chi connectivity index (χ0n) is 17.8. The first-order valence-corrected chi connectivity index (χ1v) is 10.4. The molecule has 6 heteroatoms. The highest BCUT2D eigenvalue weighted by molar-refractivity contribution is 14.0. The Morgan fingerprint density at radius 2 is 1.96 bits per heavy atom. The predicted octanol–water partition coefficient (Wildman–Crippen LogP) is 4.35. The summed E-state index contributed by atoms with van der Waals surface area (Å²) < 4.78 is 11.2. The smallest absolute Gasteiger partial charge is 0.193 e. The van der Waals surface area contributed by atoms with Gasteiger partial charge in [0.1, 0.15) is 5.75 Å². The summed E-state index contributed by atoms with van der Waals surface area (Å²) in [6.45, 7) is 6.73. The second kappa shape index (κ2) is 14.9. The van der Waals surface area contributed by atoms with E-state index < -0.39 is 0 Å². The highest BCUT2D eigenvalue weighted by Gasteiger charge is 2.15. The summed E-state index contributed by atoms with van der Waals surface area (Å²) in [5.41, 5.74) is 1.31. The Morgan fingerprint density at radius 3 is 2.61 bits per heavy atom. The maximum Gasteiger partial charge on any atom is 0.193 e. The maximum atomic E-state index is 5.72. The molecule has 0 saturated carbocycles. The van der Waals surface area contributed by atoms with E-state index in [1.165, 1.54) is 24.8 Å². The van der Waals surface area contributed by atoms with Gasteiger partial charge < -0.3 is 19.7 Å². The summed E-state index contributed by atoms with van der Waals surface area (Å²) in [6.07, 6.45) is 6.83. The number of unbranched alkanes of at least 4 members (excludes halogenated alkanes) is 1. The lowest BCUT2D eigenvalue weighted by atomic mass is 9.96. The minimum Gasteiger partial charge on any atom is -0.494 e. The summed E-state index contributed by atoms with van der Waals surface area (Å²) in [6, 6.07) is 8.45. The van der Waals surface area contributed by atoms with Gasteiger partial charge in [0.25, 0.3) is 0 Å².